The van der Waals surface area contributed by atoms with Crippen LogP contribution in [0, 0.1) is 44.3 Å². The highest BCUT2D eigenvalue weighted by atomic mass is 16.2. The second-order valence-electron chi connectivity index (χ2n) is 16.0. The zero-order valence-electron chi connectivity index (χ0n) is 22.5. The maximum absolute atomic E-state index is 13.9. The maximum atomic E-state index is 13.9. The van der Waals surface area contributed by atoms with Crippen molar-refractivity contribution in [1.29, 1.82) is 0 Å². The molecule has 2 amide bonds. The monoisotopic (exact) mass is 490 g/mol. The van der Waals surface area contributed by atoms with Gasteiger partial charge in [-0.15, -0.1) is 0 Å². The predicted molar refractivity (Wildman–Crippen MR) is 139 cm³/mol. The number of amides is 2. The molecule has 9 rings (SSSR count). The summed E-state index contributed by atoms with van der Waals surface area (Å²) >= 11 is 0. The number of nitrogens with one attached hydrogen (secondary N) is 2. The lowest BCUT2D eigenvalue weighted by molar-refractivity contribution is -0.165. The molecule has 36 heavy (non-hydrogen) atoms. The van der Waals surface area contributed by atoms with E-state index in [9.17, 15) is 9.59 Å². The highest BCUT2D eigenvalue weighted by Gasteiger charge is 2.64. The van der Waals surface area contributed by atoms with Crippen LogP contribution in [-0.4, -0.2) is 21.8 Å². The third kappa shape index (κ3) is 3.41. The lowest BCUT2D eigenvalue weighted by Gasteiger charge is -2.64. The first-order chi connectivity index (χ1) is 16.8. The van der Waals surface area contributed by atoms with Gasteiger partial charge in [-0.1, -0.05) is 27.7 Å². The van der Waals surface area contributed by atoms with Crippen molar-refractivity contribution in [2.24, 2.45) is 44.3 Å². The first kappa shape index (κ1) is 23.2. The first-order valence-corrected chi connectivity index (χ1v) is 14.3. The minimum atomic E-state index is -0.321. The van der Waals surface area contributed by atoms with Crippen molar-refractivity contribution in [3.05, 3.63) is 12.5 Å². The number of carbonyl (C=O) groups excluding carboxylic acids is 2. The fourth-order valence-electron chi connectivity index (χ4n) is 12.4. The van der Waals surface area contributed by atoms with Gasteiger partial charge in [0, 0.05) is 0 Å². The van der Waals surface area contributed by atoms with Gasteiger partial charge in [-0.2, -0.15) is 0 Å². The van der Waals surface area contributed by atoms with Crippen molar-refractivity contribution in [3.8, 4) is 0 Å². The van der Waals surface area contributed by atoms with Crippen molar-refractivity contribution < 1.29 is 9.59 Å². The van der Waals surface area contributed by atoms with Crippen molar-refractivity contribution >= 4 is 23.3 Å². The molecular weight excluding hydrogens is 448 g/mol. The van der Waals surface area contributed by atoms with Gasteiger partial charge in [0.25, 0.3) is 0 Å². The van der Waals surface area contributed by atoms with Gasteiger partial charge in [0.05, 0.1) is 17.0 Å². The van der Waals surface area contributed by atoms with E-state index >= 15 is 0 Å². The van der Waals surface area contributed by atoms with Crippen LogP contribution in [0.1, 0.15) is 105 Å². The number of rotatable bonds is 4. The summed E-state index contributed by atoms with van der Waals surface area (Å²) in [5.41, 5.74) is 0.962. The summed E-state index contributed by atoms with van der Waals surface area (Å²) in [7, 11) is 0. The van der Waals surface area contributed by atoms with Gasteiger partial charge in [-0.25, -0.2) is 9.97 Å². The molecule has 8 aliphatic carbocycles. The molecule has 6 heteroatoms. The Morgan fingerprint density at radius 2 is 1.14 bits per heavy atom. The summed E-state index contributed by atoms with van der Waals surface area (Å²) in [6.45, 7) is 9.56. The van der Waals surface area contributed by atoms with Gasteiger partial charge < -0.3 is 10.6 Å². The normalized spacial score (nSPS) is 49.8. The maximum Gasteiger partial charge on any atom is 0.231 e. The molecular formula is C30H42N4O2. The van der Waals surface area contributed by atoms with Crippen LogP contribution in [0.15, 0.2) is 12.5 Å². The summed E-state index contributed by atoms with van der Waals surface area (Å²) in [4.78, 5) is 36.5. The molecule has 194 valence electrons. The van der Waals surface area contributed by atoms with E-state index in [1.807, 2.05) is 0 Å². The highest BCUT2D eigenvalue weighted by molar-refractivity contribution is 6.02. The molecule has 8 bridgehead atoms. The standard InChI is InChI=1S/C30H42N4O2/c1-25-5-19-6-26(2,12-25)15-29(9-19,14-25)23(35)33-21-11-31-18-32-22(21)34-24(36)30-10-20-7-27(3,16-30)13-28(4,8-20)17-30/h11,18-20H,5-10,12-17H2,1-4H3,(H,33,35)(H,31,32,34,36). The van der Waals surface area contributed by atoms with E-state index in [1.54, 1.807) is 6.20 Å². The average Bonchev–Trinajstić information content (AvgIpc) is 2.70. The van der Waals surface area contributed by atoms with Crippen LogP contribution in [0.4, 0.5) is 11.5 Å². The summed E-state index contributed by atoms with van der Waals surface area (Å²) < 4.78 is 0. The first-order valence-electron chi connectivity index (χ1n) is 14.3. The quantitative estimate of drug-likeness (QED) is 0.515. The summed E-state index contributed by atoms with van der Waals surface area (Å²) in [6.07, 6.45) is 16.5. The van der Waals surface area contributed by atoms with E-state index < -0.39 is 0 Å². The molecule has 0 radical (unpaired) electrons. The second-order valence-corrected chi connectivity index (χ2v) is 16.0. The molecule has 8 fully saturated rings. The largest absolute Gasteiger partial charge is 0.321 e. The number of aromatic nitrogens is 2. The smallest absolute Gasteiger partial charge is 0.231 e. The SMILES string of the molecule is CC12CC3CC(C)(C1)CC(C(=O)Nc1cncnc1NC(=O)C14CC5CC(C)(CC(C)(C5)C1)C4)(C3)C2. The molecule has 0 aromatic carbocycles. The number of hydrogen-bond donors (Lipinski definition) is 2. The molecule has 4 unspecified atom stereocenters. The van der Waals surface area contributed by atoms with E-state index in [1.165, 1.54) is 44.9 Å². The van der Waals surface area contributed by atoms with Crippen LogP contribution in [0.2, 0.25) is 0 Å². The predicted octanol–water partition coefficient (Wildman–Crippen LogP) is 6.35. The van der Waals surface area contributed by atoms with E-state index in [0.29, 0.717) is 23.3 Å². The van der Waals surface area contributed by atoms with Gasteiger partial charge in [0.1, 0.15) is 12.0 Å². The molecule has 1 aromatic heterocycles. The van der Waals surface area contributed by atoms with Gasteiger partial charge in [-0.3, -0.25) is 9.59 Å². The molecule has 8 saturated carbocycles. The van der Waals surface area contributed by atoms with Crippen LogP contribution < -0.4 is 10.6 Å². The Labute approximate surface area is 215 Å². The minimum absolute atomic E-state index is 0.0908. The second kappa shape index (κ2) is 6.91. The van der Waals surface area contributed by atoms with Crippen LogP contribution in [-0.2, 0) is 9.59 Å². The number of carbonyl (C=O) groups is 2. The number of nitrogens with zero attached hydrogens (tertiary/aromatic N) is 2. The summed E-state index contributed by atoms with van der Waals surface area (Å²) in [6, 6.07) is 0. The van der Waals surface area contributed by atoms with Crippen molar-refractivity contribution in [1.82, 2.24) is 9.97 Å². The van der Waals surface area contributed by atoms with Crippen LogP contribution in [0.5, 0.6) is 0 Å². The Hall–Kier alpha value is -1.98. The number of anilines is 2. The van der Waals surface area contributed by atoms with E-state index in [2.05, 4.69) is 48.3 Å². The Morgan fingerprint density at radius 1 is 0.694 bits per heavy atom. The average molecular weight is 491 g/mol. The van der Waals surface area contributed by atoms with Crippen LogP contribution >= 0.6 is 0 Å². The fraction of sp³-hybridized carbons (Fsp3) is 0.800. The molecule has 1 aromatic rings. The lowest BCUT2D eigenvalue weighted by atomic mass is 9.40. The van der Waals surface area contributed by atoms with Gasteiger partial charge >= 0.3 is 0 Å². The van der Waals surface area contributed by atoms with Gasteiger partial charge in [0.2, 0.25) is 11.8 Å². The third-order valence-electron chi connectivity index (χ3n) is 11.4. The topological polar surface area (TPSA) is 84.0 Å². The molecule has 1 heterocycles. The molecule has 0 saturated heterocycles. The molecule has 8 aliphatic rings. The lowest BCUT2D eigenvalue weighted by Crippen LogP contribution is -2.59. The molecule has 2 N–H and O–H groups in total. The van der Waals surface area contributed by atoms with Crippen molar-refractivity contribution in [2.45, 2.75) is 105 Å². The molecule has 6 nitrogen and oxygen atoms in total. The van der Waals surface area contributed by atoms with Crippen molar-refractivity contribution in [2.75, 3.05) is 10.6 Å². The summed E-state index contributed by atoms with van der Waals surface area (Å²) in [5.74, 6) is 1.94. The van der Waals surface area contributed by atoms with Gasteiger partial charge in [0.15, 0.2) is 5.82 Å². The summed E-state index contributed by atoms with van der Waals surface area (Å²) in [5, 5.41) is 6.41. The Bertz CT molecular complexity index is 1040. The van der Waals surface area contributed by atoms with Gasteiger partial charge in [-0.05, 0) is 111 Å². The van der Waals surface area contributed by atoms with Crippen molar-refractivity contribution in [3.63, 3.8) is 0 Å². The zero-order chi connectivity index (χ0) is 25.2. The zero-order valence-corrected chi connectivity index (χ0v) is 22.5. The number of hydrogen-bond acceptors (Lipinski definition) is 4. The Balaban J connectivity index is 1.13. The van der Waals surface area contributed by atoms with Crippen LogP contribution in [0.3, 0.4) is 0 Å². The Morgan fingerprint density at radius 3 is 1.58 bits per heavy atom. The van der Waals surface area contributed by atoms with Crippen LogP contribution in [0.25, 0.3) is 0 Å². The fourth-order valence-corrected chi connectivity index (χ4v) is 12.4. The van der Waals surface area contributed by atoms with E-state index in [-0.39, 0.29) is 44.3 Å². The minimum Gasteiger partial charge on any atom is -0.321 e. The molecule has 0 spiro atoms. The van der Waals surface area contributed by atoms with E-state index in [0.717, 1.165) is 38.5 Å². The third-order valence-corrected chi connectivity index (χ3v) is 11.4. The molecule has 4 atom stereocenters. The Kier molecular flexibility index (Phi) is 4.44. The molecule has 0 aliphatic heterocycles. The van der Waals surface area contributed by atoms with E-state index in [4.69, 9.17) is 0 Å². The highest BCUT2D eigenvalue weighted by Crippen LogP contribution is 2.71.